The molecule has 4 aromatic rings. The van der Waals surface area contributed by atoms with E-state index in [9.17, 15) is 14.7 Å². The number of ether oxygens (including phenoxy) is 1. The second-order valence-corrected chi connectivity index (χ2v) is 8.90. The monoisotopic (exact) mass is 494 g/mol. The predicted molar refractivity (Wildman–Crippen MR) is 123 cm³/mol. The van der Waals surface area contributed by atoms with E-state index in [1.807, 2.05) is 24.3 Å². The quantitative estimate of drug-likeness (QED) is 0.356. The van der Waals surface area contributed by atoms with Crippen LogP contribution >= 0.6 is 27.3 Å². The molecule has 0 radical (unpaired) electrons. The first kappa shape index (κ1) is 19.7. The van der Waals surface area contributed by atoms with Crippen LogP contribution in [0.15, 0.2) is 65.1 Å². The molecule has 31 heavy (non-hydrogen) atoms. The standard InChI is InChI=1S/C23H15BrN2O4S/c24-18-10-9-16(21(27)28)20-19(18)25-22(31-20)26-23(29)30-11-17-14-7-3-1-5-12(14)13-6-2-4-8-15(13)17/h1-10,17H,11H2,(H,27,28)(H,25,26,29). The van der Waals surface area contributed by atoms with Gasteiger partial charge in [0.05, 0.1) is 15.8 Å². The number of amides is 1. The van der Waals surface area contributed by atoms with Gasteiger partial charge in [0.15, 0.2) is 5.13 Å². The van der Waals surface area contributed by atoms with Crippen molar-refractivity contribution in [3.05, 3.63) is 81.8 Å². The van der Waals surface area contributed by atoms with Crippen molar-refractivity contribution in [2.45, 2.75) is 5.92 Å². The summed E-state index contributed by atoms with van der Waals surface area (Å²) in [4.78, 5) is 28.3. The van der Waals surface area contributed by atoms with Gasteiger partial charge in [0.2, 0.25) is 0 Å². The molecule has 0 saturated carbocycles. The Morgan fingerprint density at radius 3 is 2.32 bits per heavy atom. The van der Waals surface area contributed by atoms with Crippen LogP contribution in [-0.2, 0) is 4.74 Å². The van der Waals surface area contributed by atoms with Gasteiger partial charge >= 0.3 is 12.1 Å². The van der Waals surface area contributed by atoms with Gasteiger partial charge in [-0.05, 0) is 50.3 Å². The Balaban J connectivity index is 1.35. The number of benzene rings is 3. The molecule has 154 valence electrons. The van der Waals surface area contributed by atoms with Gasteiger partial charge in [-0.25, -0.2) is 14.6 Å². The molecule has 0 atom stereocenters. The number of carbonyl (C=O) groups is 2. The third-order valence-electron chi connectivity index (χ3n) is 5.28. The van der Waals surface area contributed by atoms with Crippen molar-refractivity contribution in [3.8, 4) is 11.1 Å². The molecule has 6 nitrogen and oxygen atoms in total. The Hall–Kier alpha value is -3.23. The van der Waals surface area contributed by atoms with Crippen molar-refractivity contribution in [2.24, 2.45) is 0 Å². The molecule has 0 aliphatic heterocycles. The minimum atomic E-state index is -1.05. The van der Waals surface area contributed by atoms with Gasteiger partial charge in [-0.3, -0.25) is 5.32 Å². The molecular formula is C23H15BrN2O4S. The highest BCUT2D eigenvalue weighted by molar-refractivity contribution is 9.10. The topological polar surface area (TPSA) is 88.5 Å². The number of fused-ring (bicyclic) bond motifs is 4. The minimum absolute atomic E-state index is 0.0405. The van der Waals surface area contributed by atoms with Crippen LogP contribution in [0, 0.1) is 0 Å². The molecule has 0 spiro atoms. The van der Waals surface area contributed by atoms with Crippen LogP contribution in [-0.4, -0.2) is 28.8 Å². The average molecular weight is 495 g/mol. The van der Waals surface area contributed by atoms with E-state index in [1.54, 1.807) is 6.07 Å². The van der Waals surface area contributed by atoms with Crippen molar-refractivity contribution in [3.63, 3.8) is 0 Å². The molecule has 1 heterocycles. The predicted octanol–water partition coefficient (Wildman–Crippen LogP) is 6.12. The van der Waals surface area contributed by atoms with Gasteiger partial charge in [0, 0.05) is 10.4 Å². The summed E-state index contributed by atoms with van der Waals surface area (Å²) in [5.41, 5.74) is 5.20. The number of carboxylic acids is 1. The van der Waals surface area contributed by atoms with Crippen LogP contribution in [0.5, 0.6) is 0 Å². The minimum Gasteiger partial charge on any atom is -0.478 e. The number of anilines is 1. The Morgan fingerprint density at radius 1 is 1.03 bits per heavy atom. The molecule has 0 saturated heterocycles. The number of carboxylic acid groups (broad SMARTS) is 1. The smallest absolute Gasteiger partial charge is 0.413 e. The van der Waals surface area contributed by atoms with Gasteiger partial charge in [-0.15, -0.1) is 0 Å². The summed E-state index contributed by atoms with van der Waals surface area (Å²) in [6.45, 7) is 0.189. The highest BCUT2D eigenvalue weighted by atomic mass is 79.9. The number of carbonyl (C=O) groups excluding carboxylic acids is 1. The molecule has 1 aromatic heterocycles. The zero-order valence-corrected chi connectivity index (χ0v) is 18.4. The van der Waals surface area contributed by atoms with E-state index in [4.69, 9.17) is 4.74 Å². The molecule has 1 aliphatic rings. The Kier molecular flexibility index (Phi) is 4.95. The van der Waals surface area contributed by atoms with Gasteiger partial charge in [-0.1, -0.05) is 59.9 Å². The SMILES string of the molecule is O=C(Nc1nc2c(Br)ccc(C(=O)O)c2s1)OCC1c2ccccc2-c2ccccc21. The third-order valence-corrected chi connectivity index (χ3v) is 6.92. The second-order valence-electron chi connectivity index (χ2n) is 7.05. The summed E-state index contributed by atoms with van der Waals surface area (Å²) in [7, 11) is 0. The number of halogens is 1. The van der Waals surface area contributed by atoms with Crippen LogP contribution in [0.3, 0.4) is 0 Å². The number of hydrogen-bond donors (Lipinski definition) is 2. The highest BCUT2D eigenvalue weighted by Crippen LogP contribution is 2.44. The first-order valence-electron chi connectivity index (χ1n) is 9.47. The van der Waals surface area contributed by atoms with Crippen molar-refractivity contribution in [2.75, 3.05) is 11.9 Å². The fraction of sp³-hybridized carbons (Fsp3) is 0.0870. The van der Waals surface area contributed by atoms with E-state index < -0.39 is 12.1 Å². The number of rotatable bonds is 4. The molecule has 0 fully saturated rings. The van der Waals surface area contributed by atoms with Crippen LogP contribution in [0.1, 0.15) is 27.4 Å². The molecule has 8 heteroatoms. The number of hydrogen-bond acceptors (Lipinski definition) is 5. The zero-order chi connectivity index (χ0) is 21.5. The number of nitrogens with zero attached hydrogens (tertiary/aromatic N) is 1. The first-order valence-corrected chi connectivity index (χ1v) is 11.1. The maximum atomic E-state index is 12.5. The molecule has 2 N–H and O–H groups in total. The summed E-state index contributed by atoms with van der Waals surface area (Å²) in [5, 5.41) is 12.3. The fourth-order valence-electron chi connectivity index (χ4n) is 3.92. The Labute approximate surface area is 189 Å². The zero-order valence-electron chi connectivity index (χ0n) is 16.0. The van der Waals surface area contributed by atoms with E-state index in [0.29, 0.717) is 14.7 Å². The lowest BCUT2D eigenvalue weighted by atomic mass is 9.98. The number of aromatic nitrogens is 1. The number of aromatic carboxylic acids is 1. The summed E-state index contributed by atoms with van der Waals surface area (Å²) in [5.74, 6) is -1.09. The number of thiazole rings is 1. The molecule has 1 amide bonds. The first-order chi connectivity index (χ1) is 15.0. The van der Waals surface area contributed by atoms with Gasteiger partial charge in [0.25, 0.3) is 0 Å². The van der Waals surface area contributed by atoms with E-state index in [0.717, 1.165) is 33.6 Å². The van der Waals surface area contributed by atoms with E-state index in [1.165, 1.54) is 6.07 Å². The van der Waals surface area contributed by atoms with Crippen LogP contribution in [0.25, 0.3) is 21.3 Å². The average Bonchev–Trinajstić information content (AvgIpc) is 3.32. The lowest BCUT2D eigenvalue weighted by Crippen LogP contribution is -2.17. The molecular weight excluding hydrogens is 480 g/mol. The molecule has 0 bridgehead atoms. The lowest BCUT2D eigenvalue weighted by molar-refractivity contribution is 0.0699. The van der Waals surface area contributed by atoms with E-state index in [-0.39, 0.29) is 23.2 Å². The van der Waals surface area contributed by atoms with Crippen LogP contribution < -0.4 is 5.32 Å². The summed E-state index contributed by atoms with van der Waals surface area (Å²) in [6.07, 6.45) is -0.631. The van der Waals surface area contributed by atoms with Crippen molar-refractivity contribution < 1.29 is 19.4 Å². The molecule has 5 rings (SSSR count). The highest BCUT2D eigenvalue weighted by Gasteiger charge is 2.29. The van der Waals surface area contributed by atoms with Crippen molar-refractivity contribution in [1.29, 1.82) is 0 Å². The Bertz CT molecular complexity index is 1310. The van der Waals surface area contributed by atoms with Gasteiger partial charge in [0.1, 0.15) is 6.61 Å². The maximum Gasteiger partial charge on any atom is 0.413 e. The fourth-order valence-corrected chi connectivity index (χ4v) is 5.45. The van der Waals surface area contributed by atoms with E-state index >= 15 is 0 Å². The summed E-state index contributed by atoms with van der Waals surface area (Å²) in [6, 6.07) is 19.4. The maximum absolute atomic E-state index is 12.5. The normalized spacial score (nSPS) is 12.4. The summed E-state index contributed by atoms with van der Waals surface area (Å²) < 4.78 is 6.68. The van der Waals surface area contributed by atoms with E-state index in [2.05, 4.69) is 50.5 Å². The van der Waals surface area contributed by atoms with Crippen molar-refractivity contribution in [1.82, 2.24) is 4.98 Å². The van der Waals surface area contributed by atoms with Gasteiger partial charge < -0.3 is 9.84 Å². The molecule has 1 aliphatic carbocycles. The third kappa shape index (κ3) is 3.47. The van der Waals surface area contributed by atoms with Gasteiger partial charge in [-0.2, -0.15) is 0 Å². The Morgan fingerprint density at radius 2 is 1.68 bits per heavy atom. The largest absolute Gasteiger partial charge is 0.478 e. The molecule has 0 unspecified atom stereocenters. The lowest BCUT2D eigenvalue weighted by Gasteiger charge is -2.14. The second kappa shape index (κ2) is 7.79. The summed E-state index contributed by atoms with van der Waals surface area (Å²) >= 11 is 4.47. The molecule has 3 aromatic carbocycles. The van der Waals surface area contributed by atoms with Crippen LogP contribution in [0.4, 0.5) is 9.93 Å². The van der Waals surface area contributed by atoms with Crippen LogP contribution in [0.2, 0.25) is 0 Å². The number of nitrogens with one attached hydrogen (secondary N) is 1. The van der Waals surface area contributed by atoms with Crippen molar-refractivity contribution >= 4 is 54.7 Å².